The van der Waals surface area contributed by atoms with Crippen LogP contribution in [0.3, 0.4) is 0 Å². The van der Waals surface area contributed by atoms with E-state index in [1.165, 1.54) is 14.2 Å². The van der Waals surface area contributed by atoms with Gasteiger partial charge in [0.05, 0.1) is 10.5 Å². The Morgan fingerprint density at radius 2 is 1.89 bits per heavy atom. The summed E-state index contributed by atoms with van der Waals surface area (Å²) in [7, 11) is 2.68. The monoisotopic (exact) mass is 495 g/mol. The van der Waals surface area contributed by atoms with Gasteiger partial charge in [0.2, 0.25) is 0 Å². The van der Waals surface area contributed by atoms with Crippen LogP contribution in [-0.2, 0) is 21.0 Å². The number of halogens is 2. The van der Waals surface area contributed by atoms with Gasteiger partial charge >= 0.3 is 5.97 Å². The van der Waals surface area contributed by atoms with Crippen LogP contribution in [0, 0.1) is 6.92 Å². The van der Waals surface area contributed by atoms with Gasteiger partial charge in [-0.2, -0.15) is 0 Å². The first-order valence-electron chi connectivity index (χ1n) is 8.00. The number of hydrogen-bond acceptors (Lipinski definition) is 5. The Labute approximate surface area is 175 Å². The van der Waals surface area contributed by atoms with E-state index in [2.05, 4.69) is 37.0 Å². The Hall–Kier alpha value is -2.12. The number of oxime groups is 1. The van der Waals surface area contributed by atoms with Crippen LogP contribution in [0.2, 0.25) is 0 Å². The van der Waals surface area contributed by atoms with Crippen molar-refractivity contribution in [1.82, 2.24) is 0 Å². The number of carbonyl (C=O) groups is 1. The third kappa shape index (κ3) is 5.94. The minimum atomic E-state index is -0.577. The SMILES string of the molecule is CON=C(C(=O)OC)c1ccccc1COc1ccc(C)cc1C=C(Br)Br. The molecule has 0 unspecified atom stereocenters. The summed E-state index contributed by atoms with van der Waals surface area (Å²) in [5.41, 5.74) is 3.51. The zero-order valence-corrected chi connectivity index (χ0v) is 18.3. The van der Waals surface area contributed by atoms with E-state index in [1.54, 1.807) is 6.07 Å². The highest BCUT2D eigenvalue weighted by molar-refractivity contribution is 9.28. The summed E-state index contributed by atoms with van der Waals surface area (Å²) in [6, 6.07) is 13.2. The number of ether oxygens (including phenoxy) is 2. The number of methoxy groups -OCH3 is 1. The molecule has 0 aromatic heterocycles. The van der Waals surface area contributed by atoms with Gasteiger partial charge in [-0.1, -0.05) is 41.1 Å². The molecule has 2 aromatic carbocycles. The van der Waals surface area contributed by atoms with E-state index >= 15 is 0 Å². The second kappa shape index (κ2) is 10.3. The zero-order valence-electron chi connectivity index (χ0n) is 15.2. The summed E-state index contributed by atoms with van der Waals surface area (Å²) in [5.74, 6) is 0.140. The lowest BCUT2D eigenvalue weighted by Crippen LogP contribution is -2.19. The molecule has 0 radical (unpaired) electrons. The van der Waals surface area contributed by atoms with Crippen molar-refractivity contribution in [3.05, 3.63) is 68.1 Å². The molecule has 2 rings (SSSR count). The number of esters is 1. The van der Waals surface area contributed by atoms with Crippen molar-refractivity contribution in [3.8, 4) is 5.75 Å². The highest BCUT2D eigenvalue weighted by atomic mass is 79.9. The van der Waals surface area contributed by atoms with Crippen LogP contribution in [0.15, 0.2) is 51.0 Å². The maximum atomic E-state index is 12.0. The average Bonchev–Trinajstić information content (AvgIpc) is 2.65. The van der Waals surface area contributed by atoms with Crippen LogP contribution < -0.4 is 4.74 Å². The predicted molar refractivity (Wildman–Crippen MR) is 113 cm³/mol. The number of carbonyl (C=O) groups excluding carboxylic acids is 1. The molecule has 0 aliphatic carbocycles. The Balaban J connectivity index is 2.34. The van der Waals surface area contributed by atoms with E-state index in [0.717, 1.165) is 25.8 Å². The van der Waals surface area contributed by atoms with Crippen molar-refractivity contribution in [3.63, 3.8) is 0 Å². The Kier molecular flexibility index (Phi) is 8.06. The van der Waals surface area contributed by atoms with Gasteiger partial charge in [0, 0.05) is 11.1 Å². The Bertz CT molecular complexity index is 874. The Morgan fingerprint density at radius 1 is 1.15 bits per heavy atom. The molecule has 0 bridgehead atoms. The second-order valence-electron chi connectivity index (χ2n) is 5.54. The van der Waals surface area contributed by atoms with E-state index in [-0.39, 0.29) is 12.3 Å². The standard InChI is InChI=1S/C20H19Br2NO4/c1-13-8-9-17(15(10-13)11-18(21)22)27-12-14-6-4-5-7-16(14)19(23-26-3)20(24)25-2/h4-11H,12H2,1-3H3. The summed E-state index contributed by atoms with van der Waals surface area (Å²) in [6.07, 6.45) is 1.92. The van der Waals surface area contributed by atoms with E-state index in [1.807, 2.05) is 49.4 Å². The van der Waals surface area contributed by atoms with Gasteiger partial charge in [0.15, 0.2) is 5.71 Å². The molecule has 0 atom stereocenters. The first-order chi connectivity index (χ1) is 13.0. The zero-order chi connectivity index (χ0) is 19.8. The van der Waals surface area contributed by atoms with Gasteiger partial charge in [-0.3, -0.25) is 0 Å². The van der Waals surface area contributed by atoms with E-state index in [9.17, 15) is 4.79 Å². The molecular formula is C20H19Br2NO4. The van der Waals surface area contributed by atoms with Crippen molar-refractivity contribution in [2.45, 2.75) is 13.5 Å². The van der Waals surface area contributed by atoms with Crippen LogP contribution >= 0.6 is 31.9 Å². The number of rotatable bonds is 7. The van der Waals surface area contributed by atoms with Crippen LogP contribution in [0.1, 0.15) is 22.3 Å². The predicted octanol–water partition coefficient (Wildman–Crippen LogP) is 5.19. The lowest BCUT2D eigenvalue weighted by molar-refractivity contribution is -0.132. The molecule has 2 aromatic rings. The molecule has 0 N–H and O–H groups in total. The van der Waals surface area contributed by atoms with Crippen LogP contribution in [-0.4, -0.2) is 25.9 Å². The quantitative estimate of drug-likeness (QED) is 0.301. The number of benzene rings is 2. The molecule has 27 heavy (non-hydrogen) atoms. The number of hydrogen-bond donors (Lipinski definition) is 0. The van der Waals surface area contributed by atoms with Crippen molar-refractivity contribution in [2.24, 2.45) is 5.16 Å². The fourth-order valence-electron chi connectivity index (χ4n) is 2.45. The fraction of sp³-hybridized carbons (Fsp3) is 0.200. The lowest BCUT2D eigenvalue weighted by Gasteiger charge is -2.13. The molecule has 0 saturated heterocycles. The highest BCUT2D eigenvalue weighted by Gasteiger charge is 2.19. The molecule has 0 fully saturated rings. The maximum absolute atomic E-state index is 12.0. The smallest absolute Gasteiger partial charge is 0.360 e. The average molecular weight is 497 g/mol. The van der Waals surface area contributed by atoms with Gasteiger partial charge in [-0.15, -0.1) is 0 Å². The number of nitrogens with zero attached hydrogens (tertiary/aromatic N) is 1. The second-order valence-corrected chi connectivity index (χ2v) is 8.31. The first kappa shape index (κ1) is 21.2. The minimum Gasteiger partial charge on any atom is -0.488 e. The molecular weight excluding hydrogens is 478 g/mol. The molecule has 7 heteroatoms. The van der Waals surface area contributed by atoms with Crippen LogP contribution in [0.5, 0.6) is 5.75 Å². The fourth-order valence-corrected chi connectivity index (χ4v) is 2.94. The number of aryl methyl sites for hydroxylation is 1. The summed E-state index contributed by atoms with van der Waals surface area (Å²) >= 11 is 6.76. The first-order valence-corrected chi connectivity index (χ1v) is 9.58. The van der Waals surface area contributed by atoms with Crippen molar-refractivity contribution in [1.29, 1.82) is 0 Å². The van der Waals surface area contributed by atoms with Gasteiger partial charge < -0.3 is 14.3 Å². The van der Waals surface area contributed by atoms with Crippen molar-refractivity contribution in [2.75, 3.05) is 14.2 Å². The Morgan fingerprint density at radius 3 is 2.56 bits per heavy atom. The normalized spacial score (nSPS) is 10.9. The third-order valence-corrected chi connectivity index (χ3v) is 4.10. The summed E-state index contributed by atoms with van der Waals surface area (Å²) in [5, 5.41) is 3.81. The maximum Gasteiger partial charge on any atom is 0.360 e. The third-order valence-electron chi connectivity index (χ3n) is 3.65. The van der Waals surface area contributed by atoms with Gasteiger partial charge in [0.1, 0.15) is 19.5 Å². The van der Waals surface area contributed by atoms with Crippen LogP contribution in [0.4, 0.5) is 0 Å². The van der Waals surface area contributed by atoms with Gasteiger partial charge in [0.25, 0.3) is 0 Å². The summed E-state index contributed by atoms with van der Waals surface area (Å²) < 4.78 is 11.6. The minimum absolute atomic E-state index is 0.0893. The summed E-state index contributed by atoms with van der Waals surface area (Å²) in [6.45, 7) is 2.27. The van der Waals surface area contributed by atoms with E-state index in [4.69, 9.17) is 14.3 Å². The molecule has 142 valence electrons. The van der Waals surface area contributed by atoms with E-state index in [0.29, 0.717) is 5.56 Å². The van der Waals surface area contributed by atoms with Crippen LogP contribution in [0.25, 0.3) is 6.08 Å². The molecule has 0 saturated carbocycles. The van der Waals surface area contributed by atoms with Crippen molar-refractivity contribution < 1.29 is 19.1 Å². The highest BCUT2D eigenvalue weighted by Crippen LogP contribution is 2.27. The molecule has 0 aliphatic heterocycles. The molecule has 0 spiro atoms. The molecule has 0 aliphatic rings. The lowest BCUT2D eigenvalue weighted by atomic mass is 10.0. The molecule has 0 heterocycles. The largest absolute Gasteiger partial charge is 0.488 e. The summed E-state index contributed by atoms with van der Waals surface area (Å²) in [4.78, 5) is 16.9. The van der Waals surface area contributed by atoms with Gasteiger partial charge in [-0.05, 0) is 62.6 Å². The van der Waals surface area contributed by atoms with Crippen molar-refractivity contribution >= 4 is 49.6 Å². The topological polar surface area (TPSA) is 57.1 Å². The molecule has 5 nitrogen and oxygen atoms in total. The van der Waals surface area contributed by atoms with Gasteiger partial charge in [-0.25, -0.2) is 4.79 Å². The van der Waals surface area contributed by atoms with E-state index < -0.39 is 5.97 Å². The molecule has 0 amide bonds.